The van der Waals surface area contributed by atoms with Crippen LogP contribution in [0.5, 0.6) is 0 Å². The first-order chi connectivity index (χ1) is 10.1. The lowest BCUT2D eigenvalue weighted by Gasteiger charge is -2.36. The van der Waals surface area contributed by atoms with Gasteiger partial charge in [0.2, 0.25) is 0 Å². The van der Waals surface area contributed by atoms with Gasteiger partial charge in [0.05, 0.1) is 12.1 Å². The first-order valence-corrected chi connectivity index (χ1v) is 7.29. The number of hydrogen-bond donors (Lipinski definition) is 1. The number of nitrogens with two attached hydrogens (primary N) is 1. The van der Waals surface area contributed by atoms with Gasteiger partial charge in [0, 0.05) is 5.69 Å². The molecule has 0 amide bonds. The summed E-state index contributed by atoms with van der Waals surface area (Å²) in [6, 6.07) is 19.0. The van der Waals surface area contributed by atoms with E-state index in [4.69, 9.17) is 5.73 Å². The van der Waals surface area contributed by atoms with Crippen LogP contribution in [0.1, 0.15) is 18.1 Å². The van der Waals surface area contributed by atoms with E-state index in [9.17, 15) is 0 Å². The summed E-state index contributed by atoms with van der Waals surface area (Å²) in [7, 11) is 0. The van der Waals surface area contributed by atoms with Crippen LogP contribution >= 0.6 is 0 Å². The molecule has 0 radical (unpaired) electrons. The molecule has 1 aliphatic rings. The van der Waals surface area contributed by atoms with E-state index in [2.05, 4.69) is 72.3 Å². The molecule has 0 saturated heterocycles. The minimum Gasteiger partial charge on any atom is -0.369 e. The first-order valence-electron chi connectivity index (χ1n) is 7.29. The van der Waals surface area contributed by atoms with Crippen molar-refractivity contribution in [2.24, 2.45) is 10.7 Å². The van der Waals surface area contributed by atoms with Crippen LogP contribution in [0.4, 0.5) is 5.69 Å². The van der Waals surface area contributed by atoms with Crippen molar-refractivity contribution in [1.29, 1.82) is 0 Å². The van der Waals surface area contributed by atoms with Gasteiger partial charge in [-0.3, -0.25) is 4.99 Å². The molecule has 0 spiro atoms. The smallest absolute Gasteiger partial charge is 0.196 e. The molecule has 0 bridgehead atoms. The highest BCUT2D eigenvalue weighted by Crippen LogP contribution is 2.31. The molecule has 0 aliphatic carbocycles. The van der Waals surface area contributed by atoms with E-state index in [-0.39, 0.29) is 5.54 Å². The van der Waals surface area contributed by atoms with Crippen molar-refractivity contribution >= 4 is 11.6 Å². The zero-order valence-corrected chi connectivity index (χ0v) is 12.6. The molecule has 3 nitrogen and oxygen atoms in total. The van der Waals surface area contributed by atoms with Gasteiger partial charge in [-0.05, 0) is 43.5 Å². The Morgan fingerprint density at radius 3 is 2.62 bits per heavy atom. The van der Waals surface area contributed by atoms with Crippen molar-refractivity contribution in [3.8, 4) is 0 Å². The van der Waals surface area contributed by atoms with E-state index in [1.807, 2.05) is 6.07 Å². The maximum absolute atomic E-state index is 6.17. The number of benzene rings is 2. The second kappa shape index (κ2) is 5.24. The summed E-state index contributed by atoms with van der Waals surface area (Å²) in [5.74, 6) is 0.610. The van der Waals surface area contributed by atoms with Crippen molar-refractivity contribution in [2.75, 3.05) is 11.4 Å². The number of hydrogen-bond acceptors (Lipinski definition) is 3. The molecule has 3 rings (SSSR count). The van der Waals surface area contributed by atoms with Gasteiger partial charge in [-0.2, -0.15) is 0 Å². The Hall–Kier alpha value is -2.29. The largest absolute Gasteiger partial charge is 0.369 e. The molecule has 21 heavy (non-hydrogen) atoms. The SMILES string of the molecule is Cc1cccc(N2C(N)=NCC2(C)Cc2ccccc2)c1. The maximum atomic E-state index is 6.17. The Morgan fingerprint density at radius 1 is 1.14 bits per heavy atom. The fourth-order valence-corrected chi connectivity index (χ4v) is 3.05. The van der Waals surface area contributed by atoms with E-state index in [0.717, 1.165) is 18.7 Å². The second-order valence-corrected chi connectivity index (χ2v) is 6.01. The van der Waals surface area contributed by atoms with Crippen LogP contribution in [-0.2, 0) is 6.42 Å². The molecule has 0 fully saturated rings. The molecule has 1 unspecified atom stereocenters. The van der Waals surface area contributed by atoms with Gasteiger partial charge in [-0.1, -0.05) is 42.5 Å². The summed E-state index contributed by atoms with van der Waals surface area (Å²) in [6.07, 6.45) is 0.923. The predicted octanol–water partition coefficient (Wildman–Crippen LogP) is 3.13. The molecule has 0 aromatic heterocycles. The van der Waals surface area contributed by atoms with Crippen molar-refractivity contribution in [1.82, 2.24) is 0 Å². The van der Waals surface area contributed by atoms with Crippen molar-refractivity contribution in [3.63, 3.8) is 0 Å². The van der Waals surface area contributed by atoms with Crippen molar-refractivity contribution in [3.05, 3.63) is 65.7 Å². The Kier molecular flexibility index (Phi) is 3.42. The van der Waals surface area contributed by atoms with Gasteiger partial charge in [-0.25, -0.2) is 0 Å². The van der Waals surface area contributed by atoms with E-state index in [1.54, 1.807) is 0 Å². The molecule has 3 heteroatoms. The molecule has 1 atom stereocenters. The summed E-state index contributed by atoms with van der Waals surface area (Å²) >= 11 is 0. The molecule has 2 aromatic carbocycles. The van der Waals surface area contributed by atoms with E-state index >= 15 is 0 Å². The number of aryl methyl sites for hydroxylation is 1. The van der Waals surface area contributed by atoms with Crippen molar-refractivity contribution < 1.29 is 0 Å². The Bertz CT molecular complexity index is 663. The number of anilines is 1. The normalized spacial score (nSPS) is 21.4. The molecule has 108 valence electrons. The molecule has 2 aromatic rings. The number of rotatable bonds is 3. The summed E-state index contributed by atoms with van der Waals surface area (Å²) < 4.78 is 0. The van der Waals surface area contributed by atoms with Gasteiger partial charge in [-0.15, -0.1) is 0 Å². The molecule has 1 heterocycles. The molecular formula is C18H21N3. The summed E-state index contributed by atoms with van der Waals surface area (Å²) in [4.78, 5) is 6.67. The first kappa shape index (κ1) is 13.7. The lowest BCUT2D eigenvalue weighted by molar-refractivity contribution is 0.499. The Balaban J connectivity index is 1.94. The van der Waals surface area contributed by atoms with Gasteiger partial charge in [0.25, 0.3) is 0 Å². The zero-order valence-electron chi connectivity index (χ0n) is 12.6. The van der Waals surface area contributed by atoms with Crippen LogP contribution in [0.3, 0.4) is 0 Å². The molecule has 1 aliphatic heterocycles. The van der Waals surface area contributed by atoms with Crippen LogP contribution < -0.4 is 10.6 Å². The molecule has 0 saturated carbocycles. The van der Waals surface area contributed by atoms with Crippen LogP contribution in [0.25, 0.3) is 0 Å². The number of aliphatic imine (C=N–C) groups is 1. The van der Waals surface area contributed by atoms with Crippen LogP contribution in [-0.4, -0.2) is 18.0 Å². The highest BCUT2D eigenvalue weighted by Gasteiger charge is 2.39. The van der Waals surface area contributed by atoms with Crippen molar-refractivity contribution in [2.45, 2.75) is 25.8 Å². The summed E-state index contributed by atoms with van der Waals surface area (Å²) in [5.41, 5.74) is 9.71. The van der Waals surface area contributed by atoms with E-state index in [1.165, 1.54) is 11.1 Å². The lowest BCUT2D eigenvalue weighted by atomic mass is 9.91. The Morgan fingerprint density at radius 2 is 1.90 bits per heavy atom. The monoisotopic (exact) mass is 279 g/mol. The van der Waals surface area contributed by atoms with Crippen LogP contribution in [0, 0.1) is 6.92 Å². The lowest BCUT2D eigenvalue weighted by Crippen LogP contribution is -2.51. The Labute approximate surface area is 126 Å². The highest BCUT2D eigenvalue weighted by atomic mass is 15.4. The average Bonchev–Trinajstić information content (AvgIpc) is 2.75. The fourth-order valence-electron chi connectivity index (χ4n) is 3.05. The summed E-state index contributed by atoms with van der Waals surface area (Å²) in [5, 5.41) is 0. The standard InChI is InChI=1S/C18H21N3/c1-14-7-6-10-16(11-14)21-17(19)20-13-18(21,2)12-15-8-4-3-5-9-15/h3-11H,12-13H2,1-2H3,(H2,19,20). The second-order valence-electron chi connectivity index (χ2n) is 6.01. The highest BCUT2D eigenvalue weighted by molar-refractivity contribution is 5.98. The van der Waals surface area contributed by atoms with Crippen LogP contribution in [0.15, 0.2) is 59.6 Å². The third kappa shape index (κ3) is 2.64. The number of guanidine groups is 1. The quantitative estimate of drug-likeness (QED) is 0.938. The third-order valence-corrected chi connectivity index (χ3v) is 4.04. The topological polar surface area (TPSA) is 41.6 Å². The molecular weight excluding hydrogens is 258 g/mol. The zero-order chi connectivity index (χ0) is 14.9. The van der Waals surface area contributed by atoms with Crippen LogP contribution in [0.2, 0.25) is 0 Å². The summed E-state index contributed by atoms with van der Waals surface area (Å²) in [6.45, 7) is 5.05. The number of nitrogens with zero attached hydrogens (tertiary/aromatic N) is 2. The van der Waals surface area contributed by atoms with Gasteiger partial charge < -0.3 is 10.6 Å². The molecule has 2 N–H and O–H groups in total. The minimum atomic E-state index is -0.112. The fraction of sp³-hybridized carbons (Fsp3) is 0.278. The van der Waals surface area contributed by atoms with E-state index < -0.39 is 0 Å². The minimum absolute atomic E-state index is 0.112. The average molecular weight is 279 g/mol. The third-order valence-electron chi connectivity index (χ3n) is 4.04. The maximum Gasteiger partial charge on any atom is 0.196 e. The van der Waals surface area contributed by atoms with Gasteiger partial charge in [0.15, 0.2) is 5.96 Å². The predicted molar refractivity (Wildman–Crippen MR) is 88.7 cm³/mol. The van der Waals surface area contributed by atoms with Gasteiger partial charge >= 0.3 is 0 Å². The van der Waals surface area contributed by atoms with E-state index in [0.29, 0.717) is 5.96 Å². The van der Waals surface area contributed by atoms with Gasteiger partial charge in [0.1, 0.15) is 0 Å².